The van der Waals surface area contributed by atoms with Crippen LogP contribution in [0.15, 0.2) is 16.5 Å². The van der Waals surface area contributed by atoms with Crippen LogP contribution in [0.3, 0.4) is 0 Å². The Kier molecular flexibility index (Phi) is 5.94. The summed E-state index contributed by atoms with van der Waals surface area (Å²) in [4.78, 5) is 15.0. The molecular formula is C13H22N2O2. The van der Waals surface area contributed by atoms with E-state index >= 15 is 0 Å². The number of rotatable bonds is 8. The van der Waals surface area contributed by atoms with Crippen molar-refractivity contribution in [1.29, 1.82) is 0 Å². The number of carbonyl (C=O) groups is 1. The van der Waals surface area contributed by atoms with Gasteiger partial charge in [0.2, 0.25) is 0 Å². The summed E-state index contributed by atoms with van der Waals surface area (Å²) in [5, 5.41) is 0. The Bertz CT molecular complexity index is 334. The first-order chi connectivity index (χ1) is 8.15. The van der Waals surface area contributed by atoms with Crippen LogP contribution in [0.1, 0.15) is 29.7 Å². The summed E-state index contributed by atoms with van der Waals surface area (Å²) in [5.74, 6) is 1.27. The number of nitrogens with zero attached hydrogens (tertiary/aromatic N) is 2. The molecule has 0 bridgehead atoms. The summed E-state index contributed by atoms with van der Waals surface area (Å²) < 4.78 is 5.39. The molecule has 4 heteroatoms. The van der Waals surface area contributed by atoms with Crippen LogP contribution in [-0.2, 0) is 6.54 Å². The maximum absolute atomic E-state index is 10.5. The summed E-state index contributed by atoms with van der Waals surface area (Å²) in [6.45, 7) is 6.03. The largest absolute Gasteiger partial charge is 0.457 e. The van der Waals surface area contributed by atoms with Gasteiger partial charge in [0.25, 0.3) is 0 Å². The van der Waals surface area contributed by atoms with Crippen LogP contribution in [0.25, 0.3) is 0 Å². The molecule has 0 atom stereocenters. The monoisotopic (exact) mass is 238 g/mol. The molecule has 0 aliphatic carbocycles. The molecule has 0 unspecified atom stereocenters. The standard InChI is InChI=1S/C13H22N2O2/c1-4-7-15(9-8-14(2)3)10-12-5-6-13(11-16)17-12/h5-6,11H,4,7-10H2,1-3H3. The van der Waals surface area contributed by atoms with E-state index in [-0.39, 0.29) is 0 Å². The van der Waals surface area contributed by atoms with Gasteiger partial charge >= 0.3 is 0 Å². The highest BCUT2D eigenvalue weighted by atomic mass is 16.3. The zero-order chi connectivity index (χ0) is 12.7. The topological polar surface area (TPSA) is 36.7 Å². The van der Waals surface area contributed by atoms with E-state index in [9.17, 15) is 4.79 Å². The van der Waals surface area contributed by atoms with Crippen LogP contribution in [0, 0.1) is 0 Å². The van der Waals surface area contributed by atoms with E-state index in [1.165, 1.54) is 0 Å². The summed E-state index contributed by atoms with van der Waals surface area (Å²) in [5.41, 5.74) is 0. The molecule has 4 nitrogen and oxygen atoms in total. The van der Waals surface area contributed by atoms with Crippen molar-refractivity contribution < 1.29 is 9.21 Å². The number of likely N-dealkylation sites (N-methyl/N-ethyl adjacent to an activating group) is 1. The molecule has 1 aromatic rings. The van der Waals surface area contributed by atoms with Crippen LogP contribution in [0.2, 0.25) is 0 Å². The Morgan fingerprint density at radius 1 is 1.24 bits per heavy atom. The molecule has 1 heterocycles. The Hall–Kier alpha value is -1.13. The first-order valence-corrected chi connectivity index (χ1v) is 6.06. The maximum atomic E-state index is 10.5. The molecule has 0 saturated carbocycles. The molecule has 0 aromatic carbocycles. The lowest BCUT2D eigenvalue weighted by molar-refractivity contribution is 0.109. The quantitative estimate of drug-likeness (QED) is 0.648. The fourth-order valence-corrected chi connectivity index (χ4v) is 1.69. The number of aldehydes is 1. The van der Waals surface area contributed by atoms with E-state index in [0.717, 1.165) is 44.6 Å². The van der Waals surface area contributed by atoms with Crippen LogP contribution < -0.4 is 0 Å². The predicted octanol–water partition coefficient (Wildman–Crippen LogP) is 1.87. The average molecular weight is 238 g/mol. The highest BCUT2D eigenvalue weighted by Gasteiger charge is 2.08. The number of furan rings is 1. The predicted molar refractivity (Wildman–Crippen MR) is 68.2 cm³/mol. The fourth-order valence-electron chi connectivity index (χ4n) is 1.69. The molecule has 96 valence electrons. The van der Waals surface area contributed by atoms with Crippen LogP contribution in [0.4, 0.5) is 0 Å². The second kappa shape index (κ2) is 7.25. The molecule has 0 radical (unpaired) electrons. The third-order valence-electron chi connectivity index (χ3n) is 2.58. The SMILES string of the molecule is CCCN(CCN(C)C)Cc1ccc(C=O)o1. The lowest BCUT2D eigenvalue weighted by Gasteiger charge is -2.22. The van der Waals surface area contributed by atoms with Crippen molar-refractivity contribution in [2.45, 2.75) is 19.9 Å². The maximum Gasteiger partial charge on any atom is 0.185 e. The lowest BCUT2D eigenvalue weighted by Crippen LogP contribution is -2.31. The van der Waals surface area contributed by atoms with Gasteiger partial charge < -0.3 is 9.32 Å². The smallest absolute Gasteiger partial charge is 0.185 e. The highest BCUT2D eigenvalue weighted by Crippen LogP contribution is 2.09. The van der Waals surface area contributed by atoms with Crippen molar-refractivity contribution in [2.75, 3.05) is 33.7 Å². The van der Waals surface area contributed by atoms with Gasteiger partial charge in [0.1, 0.15) is 5.76 Å². The van der Waals surface area contributed by atoms with E-state index in [4.69, 9.17) is 4.42 Å². The van der Waals surface area contributed by atoms with Crippen molar-refractivity contribution in [2.24, 2.45) is 0 Å². The summed E-state index contributed by atoms with van der Waals surface area (Å²) in [6.07, 6.45) is 1.86. The third-order valence-corrected chi connectivity index (χ3v) is 2.58. The highest BCUT2D eigenvalue weighted by molar-refractivity contribution is 5.70. The summed E-state index contributed by atoms with van der Waals surface area (Å²) in [7, 11) is 4.14. The second-order valence-corrected chi connectivity index (χ2v) is 4.50. The van der Waals surface area contributed by atoms with Crippen molar-refractivity contribution in [3.05, 3.63) is 23.7 Å². The molecule has 0 N–H and O–H groups in total. The second-order valence-electron chi connectivity index (χ2n) is 4.50. The Morgan fingerprint density at radius 3 is 2.53 bits per heavy atom. The zero-order valence-electron chi connectivity index (χ0n) is 11.0. The minimum atomic E-state index is 0.407. The molecule has 0 amide bonds. The Morgan fingerprint density at radius 2 is 2.00 bits per heavy atom. The van der Waals surface area contributed by atoms with Gasteiger partial charge in [-0.3, -0.25) is 9.69 Å². The first kappa shape index (κ1) is 13.9. The molecule has 0 aliphatic heterocycles. The van der Waals surface area contributed by atoms with E-state index in [1.54, 1.807) is 6.07 Å². The van der Waals surface area contributed by atoms with Gasteiger partial charge in [-0.1, -0.05) is 6.92 Å². The number of carbonyl (C=O) groups excluding carboxylic acids is 1. The normalized spacial score (nSPS) is 11.4. The Balaban J connectivity index is 2.49. The molecule has 1 aromatic heterocycles. The molecule has 17 heavy (non-hydrogen) atoms. The van der Waals surface area contributed by atoms with Crippen molar-refractivity contribution >= 4 is 6.29 Å². The number of hydrogen-bond acceptors (Lipinski definition) is 4. The zero-order valence-corrected chi connectivity index (χ0v) is 11.0. The van der Waals surface area contributed by atoms with Gasteiger partial charge in [0, 0.05) is 13.1 Å². The molecular weight excluding hydrogens is 216 g/mol. The van der Waals surface area contributed by atoms with Gasteiger partial charge in [-0.05, 0) is 39.2 Å². The summed E-state index contributed by atoms with van der Waals surface area (Å²) >= 11 is 0. The average Bonchev–Trinajstić information content (AvgIpc) is 2.74. The van der Waals surface area contributed by atoms with Crippen LogP contribution >= 0.6 is 0 Å². The molecule has 0 saturated heterocycles. The van der Waals surface area contributed by atoms with E-state index < -0.39 is 0 Å². The summed E-state index contributed by atoms with van der Waals surface area (Å²) in [6, 6.07) is 3.60. The first-order valence-electron chi connectivity index (χ1n) is 6.06. The molecule has 1 rings (SSSR count). The minimum absolute atomic E-state index is 0.407. The van der Waals surface area contributed by atoms with Gasteiger partial charge in [0.15, 0.2) is 12.0 Å². The third kappa shape index (κ3) is 5.15. The fraction of sp³-hybridized carbons (Fsp3) is 0.615. The van der Waals surface area contributed by atoms with Crippen LogP contribution in [-0.4, -0.2) is 49.8 Å². The lowest BCUT2D eigenvalue weighted by atomic mass is 10.3. The van der Waals surface area contributed by atoms with Gasteiger partial charge in [-0.2, -0.15) is 0 Å². The van der Waals surface area contributed by atoms with E-state index in [0.29, 0.717) is 5.76 Å². The van der Waals surface area contributed by atoms with E-state index in [1.807, 2.05) is 6.07 Å². The molecule has 0 fully saturated rings. The Labute approximate surface area is 103 Å². The molecule has 0 spiro atoms. The van der Waals surface area contributed by atoms with Crippen LogP contribution in [0.5, 0.6) is 0 Å². The molecule has 0 aliphatic rings. The van der Waals surface area contributed by atoms with E-state index in [2.05, 4.69) is 30.8 Å². The van der Waals surface area contributed by atoms with Gasteiger partial charge in [0.05, 0.1) is 6.54 Å². The van der Waals surface area contributed by atoms with Crippen molar-refractivity contribution in [1.82, 2.24) is 9.80 Å². The van der Waals surface area contributed by atoms with Gasteiger partial charge in [-0.25, -0.2) is 0 Å². The van der Waals surface area contributed by atoms with Crippen molar-refractivity contribution in [3.8, 4) is 0 Å². The van der Waals surface area contributed by atoms with Crippen molar-refractivity contribution in [3.63, 3.8) is 0 Å². The minimum Gasteiger partial charge on any atom is -0.457 e. The number of hydrogen-bond donors (Lipinski definition) is 0. The van der Waals surface area contributed by atoms with Gasteiger partial charge in [-0.15, -0.1) is 0 Å².